The lowest BCUT2D eigenvalue weighted by atomic mass is 9.95. The molecule has 1 saturated carbocycles. The summed E-state index contributed by atoms with van der Waals surface area (Å²) < 4.78 is 0. The van der Waals surface area contributed by atoms with Gasteiger partial charge in [0.05, 0.1) is 6.54 Å². The first-order valence-electron chi connectivity index (χ1n) is 9.11. The molecule has 144 valence electrons. The summed E-state index contributed by atoms with van der Waals surface area (Å²) >= 11 is 0. The van der Waals surface area contributed by atoms with E-state index in [4.69, 9.17) is 5.73 Å². The molecule has 1 saturated heterocycles. The second kappa shape index (κ2) is 11.5. The number of aliphatic imine (C=N–C) groups is 1. The number of nitrogens with two attached hydrogens (primary N) is 1. The van der Waals surface area contributed by atoms with Crippen LogP contribution in [-0.4, -0.2) is 55.4 Å². The molecule has 0 aromatic heterocycles. The molecule has 1 aliphatic heterocycles. The smallest absolute Gasteiger partial charge is 0.239 e. The van der Waals surface area contributed by atoms with Crippen LogP contribution in [0.5, 0.6) is 0 Å². The van der Waals surface area contributed by atoms with Crippen molar-refractivity contribution in [2.45, 2.75) is 57.4 Å². The van der Waals surface area contributed by atoms with E-state index >= 15 is 0 Å². The molecule has 2 amide bonds. The van der Waals surface area contributed by atoms with Gasteiger partial charge in [-0.1, -0.05) is 19.3 Å². The van der Waals surface area contributed by atoms with E-state index in [9.17, 15) is 9.59 Å². The molecule has 1 heterocycles. The zero-order valence-electron chi connectivity index (χ0n) is 15.1. The Labute approximate surface area is 167 Å². The third-order valence-corrected chi connectivity index (χ3v) is 4.90. The highest BCUT2D eigenvalue weighted by atomic mass is 127. The number of likely N-dealkylation sites (tertiary alicyclic amines) is 1. The first-order chi connectivity index (χ1) is 11.6. The zero-order chi connectivity index (χ0) is 17.4. The number of piperidine rings is 1. The molecule has 2 aliphatic rings. The number of hydrogen-bond acceptors (Lipinski definition) is 3. The van der Waals surface area contributed by atoms with Crippen molar-refractivity contribution < 1.29 is 9.59 Å². The van der Waals surface area contributed by atoms with Crippen LogP contribution < -0.4 is 16.4 Å². The minimum absolute atomic E-state index is 0. The second-order valence-corrected chi connectivity index (χ2v) is 6.93. The largest absolute Gasteiger partial charge is 0.370 e. The van der Waals surface area contributed by atoms with Gasteiger partial charge in [-0.3, -0.25) is 14.6 Å². The predicted molar refractivity (Wildman–Crippen MR) is 110 cm³/mol. The minimum Gasteiger partial charge on any atom is -0.370 e. The van der Waals surface area contributed by atoms with Gasteiger partial charge >= 0.3 is 0 Å². The number of carbonyl (C=O) groups excluding carboxylic acids is 2. The van der Waals surface area contributed by atoms with Crippen molar-refractivity contribution in [1.82, 2.24) is 15.5 Å². The van der Waals surface area contributed by atoms with Gasteiger partial charge in [-0.25, -0.2) is 0 Å². The third-order valence-electron chi connectivity index (χ3n) is 4.90. The number of guanidine groups is 1. The van der Waals surface area contributed by atoms with Gasteiger partial charge in [-0.05, 0) is 31.6 Å². The van der Waals surface area contributed by atoms with E-state index in [1.54, 1.807) is 7.05 Å². The molecule has 8 heteroatoms. The molecule has 2 fully saturated rings. The van der Waals surface area contributed by atoms with Crippen molar-refractivity contribution in [3.05, 3.63) is 0 Å². The van der Waals surface area contributed by atoms with Gasteiger partial charge in [0.15, 0.2) is 5.96 Å². The average Bonchev–Trinajstić information content (AvgIpc) is 2.56. The van der Waals surface area contributed by atoms with Crippen molar-refractivity contribution in [2.75, 3.05) is 26.7 Å². The van der Waals surface area contributed by atoms with Crippen molar-refractivity contribution in [3.8, 4) is 0 Å². The molecule has 7 nitrogen and oxygen atoms in total. The number of rotatable bonds is 5. The first kappa shape index (κ1) is 22.0. The molecule has 1 aliphatic carbocycles. The Morgan fingerprint density at radius 1 is 1.16 bits per heavy atom. The van der Waals surface area contributed by atoms with Crippen LogP contribution in [0.15, 0.2) is 4.99 Å². The van der Waals surface area contributed by atoms with Crippen LogP contribution in [0.3, 0.4) is 0 Å². The van der Waals surface area contributed by atoms with Gasteiger partial charge in [0.1, 0.15) is 0 Å². The molecule has 0 radical (unpaired) electrons. The summed E-state index contributed by atoms with van der Waals surface area (Å²) in [7, 11) is 1.72. The number of primary amides is 1. The Kier molecular flexibility index (Phi) is 10.1. The van der Waals surface area contributed by atoms with E-state index < -0.39 is 0 Å². The summed E-state index contributed by atoms with van der Waals surface area (Å²) in [5.74, 6) is 0.763. The van der Waals surface area contributed by atoms with Crippen molar-refractivity contribution in [3.63, 3.8) is 0 Å². The maximum Gasteiger partial charge on any atom is 0.239 e. The molecule has 0 spiro atoms. The maximum absolute atomic E-state index is 12.1. The number of nitrogens with one attached hydrogen (secondary N) is 2. The number of hydrogen-bond donors (Lipinski definition) is 3. The molecule has 0 bridgehead atoms. The quantitative estimate of drug-likeness (QED) is 0.323. The van der Waals surface area contributed by atoms with E-state index in [-0.39, 0.29) is 48.3 Å². The van der Waals surface area contributed by atoms with E-state index in [0.717, 1.165) is 44.7 Å². The summed E-state index contributed by atoms with van der Waals surface area (Å²) in [6, 6.07) is 0.324. The summed E-state index contributed by atoms with van der Waals surface area (Å²) in [6.45, 7) is 1.88. The Morgan fingerprint density at radius 2 is 1.88 bits per heavy atom. The van der Waals surface area contributed by atoms with Crippen LogP contribution >= 0.6 is 24.0 Å². The topological polar surface area (TPSA) is 99.8 Å². The molecule has 0 aromatic carbocycles. The van der Waals surface area contributed by atoms with Gasteiger partial charge in [-0.2, -0.15) is 0 Å². The van der Waals surface area contributed by atoms with Crippen LogP contribution in [0.1, 0.15) is 51.4 Å². The lowest BCUT2D eigenvalue weighted by molar-refractivity contribution is -0.121. The number of carbonyl (C=O) groups is 2. The van der Waals surface area contributed by atoms with Crippen LogP contribution in [0.4, 0.5) is 0 Å². The summed E-state index contributed by atoms with van der Waals surface area (Å²) in [5.41, 5.74) is 5.31. The number of amides is 2. The van der Waals surface area contributed by atoms with Crippen molar-refractivity contribution in [2.24, 2.45) is 16.6 Å². The highest BCUT2D eigenvalue weighted by Gasteiger charge is 2.24. The van der Waals surface area contributed by atoms with Crippen LogP contribution in [0.2, 0.25) is 0 Å². The maximum atomic E-state index is 12.1. The van der Waals surface area contributed by atoms with E-state index in [0.29, 0.717) is 12.5 Å². The lowest BCUT2D eigenvalue weighted by Gasteiger charge is -2.34. The summed E-state index contributed by atoms with van der Waals surface area (Å²) in [6.07, 6.45) is 8.28. The van der Waals surface area contributed by atoms with Gasteiger partial charge in [-0.15, -0.1) is 24.0 Å². The first-order valence-corrected chi connectivity index (χ1v) is 9.11. The highest BCUT2D eigenvalue weighted by Crippen LogP contribution is 2.19. The Balaban J connectivity index is 0.00000312. The second-order valence-electron chi connectivity index (χ2n) is 6.93. The van der Waals surface area contributed by atoms with E-state index in [2.05, 4.69) is 20.5 Å². The van der Waals surface area contributed by atoms with E-state index in [1.165, 1.54) is 19.3 Å². The molecule has 1 atom stereocenters. The van der Waals surface area contributed by atoms with Crippen molar-refractivity contribution in [1.29, 1.82) is 0 Å². The van der Waals surface area contributed by atoms with Gasteiger partial charge in [0.25, 0.3) is 0 Å². The fourth-order valence-electron chi connectivity index (χ4n) is 3.73. The fourth-order valence-corrected chi connectivity index (χ4v) is 3.73. The van der Waals surface area contributed by atoms with Crippen LogP contribution in [-0.2, 0) is 9.59 Å². The van der Waals surface area contributed by atoms with Gasteiger partial charge in [0.2, 0.25) is 11.8 Å². The summed E-state index contributed by atoms with van der Waals surface area (Å²) in [5, 5.41) is 6.25. The zero-order valence-corrected chi connectivity index (χ0v) is 17.5. The van der Waals surface area contributed by atoms with Crippen LogP contribution in [0, 0.1) is 5.92 Å². The predicted octanol–water partition coefficient (Wildman–Crippen LogP) is 1.22. The Morgan fingerprint density at radius 3 is 2.52 bits per heavy atom. The molecule has 1 unspecified atom stereocenters. The van der Waals surface area contributed by atoms with E-state index in [1.807, 2.05) is 0 Å². The Hall–Kier alpha value is -1.06. The van der Waals surface area contributed by atoms with Gasteiger partial charge < -0.3 is 21.3 Å². The molecular formula is C17H32IN5O2. The number of nitrogens with zero attached hydrogens (tertiary/aromatic N) is 2. The minimum atomic E-state index is -0.253. The van der Waals surface area contributed by atoms with Crippen molar-refractivity contribution >= 4 is 41.8 Å². The standard InChI is InChI=1S/C17H31N5O2.HI/c1-19-17(22-9-5-6-13(12-22)10-15(18)23)20-11-16(24)21-14-7-3-2-4-8-14;/h13-14H,2-12H2,1H3,(H2,18,23)(H,19,20)(H,21,24);1H. The Bertz CT molecular complexity index is 466. The molecular weight excluding hydrogens is 433 g/mol. The summed E-state index contributed by atoms with van der Waals surface area (Å²) in [4.78, 5) is 29.6. The number of halogens is 1. The normalized spacial score (nSPS) is 22.0. The molecule has 2 rings (SSSR count). The third kappa shape index (κ3) is 7.79. The molecule has 0 aromatic rings. The lowest BCUT2D eigenvalue weighted by Crippen LogP contribution is -2.50. The molecule has 4 N–H and O–H groups in total. The SMILES string of the molecule is CN=C(NCC(=O)NC1CCCCC1)N1CCCC(CC(N)=O)C1.I. The fraction of sp³-hybridized carbons (Fsp3) is 0.824. The van der Waals surface area contributed by atoms with Gasteiger partial charge in [0, 0.05) is 32.6 Å². The monoisotopic (exact) mass is 465 g/mol. The highest BCUT2D eigenvalue weighted by molar-refractivity contribution is 14.0. The average molecular weight is 465 g/mol. The molecule has 25 heavy (non-hydrogen) atoms. The van der Waals surface area contributed by atoms with Crippen LogP contribution in [0.25, 0.3) is 0 Å².